The van der Waals surface area contributed by atoms with E-state index in [1.165, 1.54) is 11.8 Å². The lowest BCUT2D eigenvalue weighted by Crippen LogP contribution is -2.38. The van der Waals surface area contributed by atoms with Gasteiger partial charge in [0.15, 0.2) is 11.6 Å². The molecule has 1 N–H and O–H groups in total. The number of rotatable bonds is 8. The van der Waals surface area contributed by atoms with Gasteiger partial charge in [0.2, 0.25) is 0 Å². The summed E-state index contributed by atoms with van der Waals surface area (Å²) in [7, 11) is 0. The Morgan fingerprint density at radius 1 is 0.821 bits per heavy atom. The Labute approximate surface area is 227 Å². The van der Waals surface area contributed by atoms with Crippen LogP contribution in [-0.2, 0) is 9.47 Å². The highest BCUT2D eigenvalue weighted by molar-refractivity contribution is 5.94. The van der Waals surface area contributed by atoms with Crippen molar-refractivity contribution in [1.82, 2.24) is 14.9 Å². The summed E-state index contributed by atoms with van der Waals surface area (Å²) < 4.78 is 31.5. The molecule has 6 rings (SSSR count). The summed E-state index contributed by atoms with van der Waals surface area (Å²) in [6.07, 6.45) is 1.55. The van der Waals surface area contributed by atoms with Crippen LogP contribution in [0, 0.1) is 5.82 Å². The van der Waals surface area contributed by atoms with Crippen LogP contribution < -0.4 is 15.0 Å². The maximum atomic E-state index is 14.9. The van der Waals surface area contributed by atoms with Gasteiger partial charge < -0.3 is 24.4 Å². The van der Waals surface area contributed by atoms with Crippen molar-refractivity contribution in [2.24, 2.45) is 0 Å². The van der Waals surface area contributed by atoms with Gasteiger partial charge in [-0.05, 0) is 59.7 Å². The SMILES string of the molecule is Fc1cc(-c2ccc3ncnc(Nc4ccc(N5CCOCC5)cc4)c3c2)ccc1OCCN1CCOCC1. The molecule has 2 aliphatic rings. The first-order chi connectivity index (χ1) is 19.2. The second kappa shape index (κ2) is 11.9. The van der Waals surface area contributed by atoms with Crippen LogP contribution >= 0.6 is 0 Å². The summed E-state index contributed by atoms with van der Waals surface area (Å²) >= 11 is 0. The second-order valence-electron chi connectivity index (χ2n) is 9.67. The van der Waals surface area contributed by atoms with Gasteiger partial charge in [-0.3, -0.25) is 4.90 Å². The van der Waals surface area contributed by atoms with E-state index in [1.54, 1.807) is 12.4 Å². The van der Waals surface area contributed by atoms with Gasteiger partial charge in [-0.2, -0.15) is 0 Å². The molecule has 3 heterocycles. The molecule has 2 fully saturated rings. The van der Waals surface area contributed by atoms with E-state index in [9.17, 15) is 4.39 Å². The quantitative estimate of drug-likeness (QED) is 0.351. The predicted molar refractivity (Wildman–Crippen MR) is 150 cm³/mol. The Kier molecular flexibility index (Phi) is 7.80. The first kappa shape index (κ1) is 25.5. The average molecular weight is 530 g/mol. The largest absolute Gasteiger partial charge is 0.489 e. The topological polar surface area (TPSA) is 72.0 Å². The molecule has 4 aromatic rings. The number of nitrogens with one attached hydrogen (secondary N) is 1. The van der Waals surface area contributed by atoms with Crippen LogP contribution in [0.1, 0.15) is 0 Å². The number of halogens is 1. The molecule has 8 nitrogen and oxygen atoms in total. The minimum atomic E-state index is -0.377. The molecule has 0 atom stereocenters. The summed E-state index contributed by atoms with van der Waals surface area (Å²) in [5, 5.41) is 4.29. The number of hydrogen-bond acceptors (Lipinski definition) is 8. The van der Waals surface area contributed by atoms with Crippen LogP contribution in [0.4, 0.5) is 21.6 Å². The number of ether oxygens (including phenoxy) is 3. The Hall–Kier alpha value is -3.79. The number of benzene rings is 3. The first-order valence-corrected chi connectivity index (χ1v) is 13.4. The van der Waals surface area contributed by atoms with Gasteiger partial charge in [-0.1, -0.05) is 12.1 Å². The lowest BCUT2D eigenvalue weighted by molar-refractivity contribution is 0.0320. The highest BCUT2D eigenvalue weighted by atomic mass is 19.1. The van der Waals surface area contributed by atoms with Crippen molar-refractivity contribution >= 4 is 28.1 Å². The molecular weight excluding hydrogens is 497 g/mol. The molecule has 0 saturated carbocycles. The van der Waals surface area contributed by atoms with Gasteiger partial charge in [-0.25, -0.2) is 14.4 Å². The highest BCUT2D eigenvalue weighted by Gasteiger charge is 2.14. The standard InChI is InChI=1S/C30H32FN5O3/c31-27-20-23(2-8-29(27)39-18-11-35-9-14-37-15-10-35)22-1-7-28-26(19-22)30(33-21-32-28)34-24-3-5-25(6-4-24)36-12-16-38-17-13-36/h1-8,19-21H,9-18H2,(H,32,33,34). The zero-order chi connectivity index (χ0) is 26.4. The molecule has 0 unspecified atom stereocenters. The molecule has 0 aliphatic carbocycles. The third-order valence-electron chi connectivity index (χ3n) is 7.18. The number of fused-ring (bicyclic) bond motifs is 1. The second-order valence-corrected chi connectivity index (χ2v) is 9.67. The number of aromatic nitrogens is 2. The average Bonchev–Trinajstić information content (AvgIpc) is 2.99. The summed E-state index contributed by atoms with van der Waals surface area (Å²) in [6.45, 7) is 7.72. The third kappa shape index (κ3) is 6.11. The van der Waals surface area contributed by atoms with Gasteiger partial charge in [0.1, 0.15) is 18.8 Å². The number of hydrogen-bond donors (Lipinski definition) is 1. The third-order valence-corrected chi connectivity index (χ3v) is 7.18. The fourth-order valence-electron chi connectivity index (χ4n) is 4.96. The van der Waals surface area contributed by atoms with Crippen molar-refractivity contribution in [2.75, 3.05) is 76.0 Å². The van der Waals surface area contributed by atoms with Gasteiger partial charge in [0.25, 0.3) is 0 Å². The van der Waals surface area contributed by atoms with Crippen molar-refractivity contribution in [3.8, 4) is 16.9 Å². The Bertz CT molecular complexity index is 1410. The molecule has 0 amide bonds. The predicted octanol–water partition coefficient (Wildman–Crippen LogP) is 4.73. The molecule has 39 heavy (non-hydrogen) atoms. The van der Waals surface area contributed by atoms with Crippen LogP contribution in [0.2, 0.25) is 0 Å². The van der Waals surface area contributed by atoms with Crippen molar-refractivity contribution in [2.45, 2.75) is 0 Å². The molecule has 0 spiro atoms. The zero-order valence-electron chi connectivity index (χ0n) is 21.8. The number of morpholine rings is 2. The zero-order valence-corrected chi connectivity index (χ0v) is 21.8. The lowest BCUT2D eigenvalue weighted by Gasteiger charge is -2.28. The van der Waals surface area contributed by atoms with Gasteiger partial charge in [0.05, 0.1) is 31.9 Å². The molecule has 0 radical (unpaired) electrons. The van der Waals surface area contributed by atoms with E-state index in [4.69, 9.17) is 14.2 Å². The van der Waals surface area contributed by atoms with Crippen molar-refractivity contribution in [3.63, 3.8) is 0 Å². The molecule has 9 heteroatoms. The highest BCUT2D eigenvalue weighted by Crippen LogP contribution is 2.31. The summed E-state index contributed by atoms with van der Waals surface area (Å²) in [4.78, 5) is 13.5. The molecule has 202 valence electrons. The number of anilines is 3. The Morgan fingerprint density at radius 2 is 1.54 bits per heavy atom. The Morgan fingerprint density at radius 3 is 2.31 bits per heavy atom. The molecule has 0 bridgehead atoms. The lowest BCUT2D eigenvalue weighted by atomic mass is 10.0. The van der Waals surface area contributed by atoms with Crippen molar-refractivity contribution in [3.05, 3.63) is 72.8 Å². The normalized spacial score (nSPS) is 16.4. The van der Waals surface area contributed by atoms with Gasteiger partial charge >= 0.3 is 0 Å². The molecular formula is C30H32FN5O3. The van der Waals surface area contributed by atoms with E-state index in [2.05, 4.69) is 49.4 Å². The van der Waals surface area contributed by atoms with E-state index in [0.717, 1.165) is 86.9 Å². The maximum Gasteiger partial charge on any atom is 0.165 e. The van der Waals surface area contributed by atoms with E-state index >= 15 is 0 Å². The van der Waals surface area contributed by atoms with Crippen LogP contribution in [-0.4, -0.2) is 80.6 Å². The first-order valence-electron chi connectivity index (χ1n) is 13.4. The van der Waals surface area contributed by atoms with E-state index in [0.29, 0.717) is 12.4 Å². The van der Waals surface area contributed by atoms with E-state index in [1.807, 2.05) is 24.3 Å². The summed E-state index contributed by atoms with van der Waals surface area (Å²) in [6, 6.07) is 19.3. The van der Waals surface area contributed by atoms with E-state index < -0.39 is 0 Å². The van der Waals surface area contributed by atoms with Gasteiger partial charge in [0, 0.05) is 49.5 Å². The van der Waals surface area contributed by atoms with Crippen LogP contribution in [0.15, 0.2) is 67.0 Å². The number of nitrogens with zero attached hydrogens (tertiary/aromatic N) is 4. The summed E-state index contributed by atoms with van der Waals surface area (Å²) in [5.41, 5.74) is 4.56. The van der Waals surface area contributed by atoms with Gasteiger partial charge in [-0.15, -0.1) is 0 Å². The van der Waals surface area contributed by atoms with Crippen LogP contribution in [0.5, 0.6) is 5.75 Å². The Balaban J connectivity index is 1.16. The monoisotopic (exact) mass is 529 g/mol. The maximum absolute atomic E-state index is 14.9. The minimum absolute atomic E-state index is 0.263. The molecule has 2 saturated heterocycles. The molecule has 3 aromatic carbocycles. The van der Waals surface area contributed by atoms with Crippen molar-refractivity contribution in [1.29, 1.82) is 0 Å². The van der Waals surface area contributed by atoms with Crippen LogP contribution in [0.3, 0.4) is 0 Å². The van der Waals surface area contributed by atoms with Crippen molar-refractivity contribution < 1.29 is 18.6 Å². The fourth-order valence-corrected chi connectivity index (χ4v) is 4.96. The molecule has 2 aliphatic heterocycles. The molecule has 1 aromatic heterocycles. The minimum Gasteiger partial charge on any atom is -0.489 e. The smallest absolute Gasteiger partial charge is 0.165 e. The van der Waals surface area contributed by atoms with Crippen LogP contribution in [0.25, 0.3) is 22.0 Å². The van der Waals surface area contributed by atoms with E-state index in [-0.39, 0.29) is 11.6 Å². The summed E-state index contributed by atoms with van der Waals surface area (Å²) in [5.74, 6) is 0.584. The fraction of sp³-hybridized carbons (Fsp3) is 0.333.